The molecule has 7 fully saturated rings. The van der Waals surface area contributed by atoms with E-state index < -0.39 is 12.7 Å². The fraction of sp³-hybridized carbons (Fsp3) is 0.351. The monoisotopic (exact) mass is 2030 g/mol. The number of aliphatic hydroxyl groups excluding tert-OH is 2. The number of hydrogen-bond acceptors (Lipinski definition) is 31. The molecule has 8 aromatic heterocycles. The first-order valence-corrected chi connectivity index (χ1v) is 51.9. The number of aromatic nitrogens is 12. The highest BCUT2D eigenvalue weighted by molar-refractivity contribution is 7.15. The molecule has 0 radical (unpaired) electrons. The lowest BCUT2D eigenvalue weighted by Gasteiger charge is -2.33. The first kappa shape index (κ1) is 101. The minimum absolute atomic E-state index is 0.0717. The molecule has 0 saturated carbocycles. The molecule has 8 aliphatic rings. The van der Waals surface area contributed by atoms with E-state index in [1.54, 1.807) is 70.3 Å². The molecule has 764 valence electrons. The predicted octanol–water partition coefficient (Wildman–Crippen LogP) is 16.3. The topological polar surface area (TPSA) is 445 Å². The number of H-pyrrole nitrogens is 3. The number of benzene rings is 7. The van der Waals surface area contributed by atoms with Crippen LogP contribution in [-0.4, -0.2) is 276 Å². The lowest BCUT2D eigenvalue weighted by atomic mass is 10.0. The van der Waals surface area contributed by atoms with Gasteiger partial charge in [0.05, 0.1) is 136 Å². The van der Waals surface area contributed by atoms with Crippen molar-refractivity contribution in [3.8, 4) is 132 Å². The number of morpholine rings is 2. The Labute approximate surface area is 871 Å². The van der Waals surface area contributed by atoms with E-state index in [-0.39, 0.29) is 36.2 Å². The number of fused-ring (bicyclic) bond motifs is 4. The van der Waals surface area contributed by atoms with Gasteiger partial charge in [0.2, 0.25) is 5.91 Å². The van der Waals surface area contributed by atoms with Gasteiger partial charge in [-0.2, -0.15) is 21.0 Å². The lowest BCUT2D eigenvalue weighted by Crippen LogP contribution is -2.45. The van der Waals surface area contributed by atoms with Crippen LogP contribution < -0.4 is 28.6 Å². The number of thiazole rings is 1. The third-order valence-electron chi connectivity index (χ3n) is 27.9. The Morgan fingerprint density at radius 3 is 1.35 bits per heavy atom. The summed E-state index contributed by atoms with van der Waals surface area (Å²) in [7, 11) is 0. The Morgan fingerprint density at radius 1 is 0.460 bits per heavy atom. The fourth-order valence-corrected chi connectivity index (χ4v) is 20.4. The average Bonchev–Trinajstić information content (AvgIpc) is 1.63. The number of nitriles is 4. The number of pyridine rings is 3. The highest BCUT2D eigenvalue weighted by atomic mass is 32.1. The number of aromatic amines is 3. The number of imidazole rings is 3. The third-order valence-corrected chi connectivity index (χ3v) is 28.8. The molecule has 23 rings (SSSR count). The maximum Gasteiger partial charge on any atom is 0.251 e. The van der Waals surface area contributed by atoms with Crippen LogP contribution in [0.3, 0.4) is 0 Å². The summed E-state index contributed by atoms with van der Waals surface area (Å²) in [5, 5.41) is 58.9. The van der Waals surface area contributed by atoms with Crippen LogP contribution in [-0.2, 0) is 41.5 Å². The van der Waals surface area contributed by atoms with Crippen LogP contribution in [0.2, 0.25) is 0 Å². The van der Waals surface area contributed by atoms with E-state index in [4.69, 9.17) is 67.7 Å². The first-order chi connectivity index (χ1) is 73.6. The van der Waals surface area contributed by atoms with Crippen LogP contribution >= 0.6 is 11.3 Å². The molecule has 36 heteroatoms. The summed E-state index contributed by atoms with van der Waals surface area (Å²) in [5.74, 6) is 4.77. The molecule has 16 heterocycles. The molecule has 0 aliphatic carbocycles. The number of nitrogens with zero attached hydrogens (tertiary/aromatic N) is 19. The molecule has 5 N–H and O–H groups in total. The van der Waals surface area contributed by atoms with E-state index in [9.17, 15) is 35.7 Å². The number of likely N-dealkylation sites (tertiary alicyclic amines) is 3. The molecule has 15 aromatic rings. The van der Waals surface area contributed by atoms with E-state index in [0.29, 0.717) is 148 Å². The Hall–Kier alpha value is -15.8. The van der Waals surface area contributed by atoms with Crippen LogP contribution in [0, 0.1) is 52.2 Å². The van der Waals surface area contributed by atoms with Gasteiger partial charge in [0, 0.05) is 187 Å². The minimum atomic E-state index is -1.00. The zero-order chi connectivity index (χ0) is 103. The van der Waals surface area contributed by atoms with Gasteiger partial charge in [0.1, 0.15) is 143 Å². The van der Waals surface area contributed by atoms with Crippen molar-refractivity contribution < 1.29 is 62.4 Å². The summed E-state index contributed by atoms with van der Waals surface area (Å²) >= 11 is 1.59. The Morgan fingerprint density at radius 2 is 0.887 bits per heavy atom. The van der Waals surface area contributed by atoms with Gasteiger partial charge in [-0.05, 0) is 190 Å². The summed E-state index contributed by atoms with van der Waals surface area (Å²) in [6.45, 7) is 19.5. The summed E-state index contributed by atoms with van der Waals surface area (Å²) in [4.78, 5) is 92.0. The molecule has 8 aliphatic heterocycles. The van der Waals surface area contributed by atoms with Gasteiger partial charge < -0.3 is 82.5 Å². The molecule has 1 atom stereocenters. The van der Waals surface area contributed by atoms with Crippen LogP contribution in [0.4, 0.5) is 11.4 Å². The van der Waals surface area contributed by atoms with Crippen LogP contribution in [0.15, 0.2) is 200 Å². The number of rotatable bonds is 25. The Kier molecular flexibility index (Phi) is 32.4. The van der Waals surface area contributed by atoms with Gasteiger partial charge in [-0.25, -0.2) is 34.9 Å². The van der Waals surface area contributed by atoms with Gasteiger partial charge >= 0.3 is 0 Å². The number of anilines is 1. The average molecular weight is 2030 g/mol. The number of aryl methyl sites for hydroxylation is 1. The Balaban J connectivity index is 0.000000122. The van der Waals surface area contributed by atoms with Gasteiger partial charge in [0.25, 0.3) is 5.91 Å². The standard InChI is InChI=1S/C32H34N6O4.C31H32N6O4.C29H29N5O3.C22H19N5O2S/c33-20-24-19-23(5-8-28(24)42-26-10-15-38(16-11-26)29(40)21-39)30-31-27(9-12-34-30)35-32(36-31)22-3-6-25(7-4-22)41-18-17-37-13-1-2-14-37;1-20(38)31(39)37-12-9-25(10-13-37)41-27-7-4-22(18-23(27)19-32)28-29-26(8-11-33-28)34-30(35-29)21-2-5-24(6-3-21)36-14-16-40-17-15-36;30-17-23-15-22(5-6-27(23)37-24-7-11-35-12-8-24)28-29-26(31-19-32-28)16-25(33-29)21-3-1-20(2-4-21)18-34-9-13-36-14-10-34;1-13-25-12-19(30-13)22-26-17-4-7-24-20(21(17)27-22)14-2-3-18(15(10-14)11-23)29-16-5-8-28-9-6-16/h3-9,12,19,26,39H,1-2,10-11,13-18,21H2,(H,35,36);2-8,11,18,20,25,38H,9-10,12-17H2,1H3,(H,34,35);1-6,15,19,24H,7-14,16,18H2;2-4,7,10,12,16H,5-6,8-9H2,1H3,(H,26,27). The zero-order valence-corrected chi connectivity index (χ0v) is 84.3. The van der Waals surface area contributed by atoms with Crippen LogP contribution in [0.5, 0.6) is 28.7 Å². The van der Waals surface area contributed by atoms with Crippen molar-refractivity contribution in [1.29, 1.82) is 21.0 Å². The van der Waals surface area contributed by atoms with E-state index >= 15 is 0 Å². The van der Waals surface area contributed by atoms with Crippen LogP contribution in [0.1, 0.15) is 115 Å². The van der Waals surface area contributed by atoms with Crippen molar-refractivity contribution in [3.63, 3.8) is 0 Å². The molecule has 0 spiro atoms. The van der Waals surface area contributed by atoms with Gasteiger partial charge in [-0.3, -0.25) is 34.3 Å². The highest BCUT2D eigenvalue weighted by Crippen LogP contribution is 2.42. The zero-order valence-electron chi connectivity index (χ0n) is 83.5. The second kappa shape index (κ2) is 48.0. The number of piperidine rings is 2. The van der Waals surface area contributed by atoms with E-state index in [1.165, 1.54) is 31.0 Å². The normalized spacial score (nSPS) is 16.5. The number of nitrogens with one attached hydrogen (secondary N) is 3. The molecule has 7 aromatic carbocycles. The summed E-state index contributed by atoms with van der Waals surface area (Å²) in [6.07, 6.45) is 16.6. The molecule has 1 unspecified atom stereocenters. The van der Waals surface area contributed by atoms with Crippen molar-refractivity contribution in [3.05, 3.63) is 239 Å². The molecule has 7 saturated heterocycles. The highest BCUT2D eigenvalue weighted by Gasteiger charge is 2.32. The van der Waals surface area contributed by atoms with Crippen molar-refractivity contribution in [1.82, 2.24) is 79.4 Å². The molecule has 35 nitrogen and oxygen atoms in total. The van der Waals surface area contributed by atoms with Crippen molar-refractivity contribution in [2.24, 2.45) is 4.99 Å². The maximum atomic E-state index is 12.1. The summed E-state index contributed by atoms with van der Waals surface area (Å²) in [5.41, 5.74) is 20.8. The smallest absolute Gasteiger partial charge is 0.251 e. The predicted molar refractivity (Wildman–Crippen MR) is 566 cm³/mol. The second-order valence-corrected chi connectivity index (χ2v) is 39.1. The van der Waals surface area contributed by atoms with Gasteiger partial charge in [0.15, 0.2) is 0 Å². The lowest BCUT2D eigenvalue weighted by molar-refractivity contribution is -0.141. The van der Waals surface area contributed by atoms with E-state index in [1.807, 2.05) is 104 Å². The van der Waals surface area contributed by atoms with Crippen molar-refractivity contribution in [2.45, 2.75) is 122 Å². The van der Waals surface area contributed by atoms with E-state index in [0.717, 1.165) is 238 Å². The third kappa shape index (κ3) is 24.3. The van der Waals surface area contributed by atoms with Gasteiger partial charge in [-0.1, -0.05) is 24.3 Å². The largest absolute Gasteiger partial charge is 0.492 e. The number of aliphatic hydroxyl groups is 2. The first-order valence-electron chi connectivity index (χ1n) is 51.1. The molecular formula is C114H114N22O13S. The number of aliphatic imine (C=N–C) groups is 1. The number of carbonyl (C=O) groups excluding carboxylic acids is 2. The van der Waals surface area contributed by atoms with Gasteiger partial charge in [-0.15, -0.1) is 11.3 Å². The number of hydrogen-bond donors (Lipinski definition) is 5. The maximum absolute atomic E-state index is 12.1. The minimum Gasteiger partial charge on any atom is -0.492 e. The quantitative estimate of drug-likeness (QED) is 0.0355. The Bertz CT molecular complexity index is 7510. The van der Waals surface area contributed by atoms with Crippen LogP contribution in [0.25, 0.3) is 112 Å². The summed E-state index contributed by atoms with van der Waals surface area (Å²) in [6, 6.07) is 61.9. The molecule has 0 bridgehead atoms. The second-order valence-electron chi connectivity index (χ2n) is 37.9. The SMILES string of the molecule is CC(O)C(=O)N1CCC(Oc2ccc(-c3nccc4[nH]c(-c5ccc(N6CCOCC6)cc5)nc34)cc2C#N)CC1.Cc1ncc(-c2nc3c(-c4ccc(OC5CCOCC5)c(C#N)c4)nccc3[nH]2)s1.N#Cc1cc(-c2nccc3[nH]c(-c4ccc(OCCN5CCCC5)cc4)nc23)ccc1OC1CCN(C(=O)CO)CC1.N#Cc1cc(-c2ncnc3c2N=C(c2ccc(CN4CCOCC4)cc2)C3)ccc1OC1CCOCC1. The van der Waals surface area contributed by atoms with Crippen molar-refractivity contribution >= 4 is 73.3 Å². The molecule has 2 amide bonds. The molecular weight excluding hydrogens is 1920 g/mol. The van der Waals surface area contributed by atoms with E-state index in [2.05, 4.69) is 132 Å². The van der Waals surface area contributed by atoms with Crippen molar-refractivity contribution in [2.75, 3.05) is 143 Å². The number of carbonyl (C=O) groups is 2. The number of amides is 2. The fourth-order valence-electron chi connectivity index (χ4n) is 19.7. The molecule has 150 heavy (non-hydrogen) atoms. The number of ether oxygens (including phenoxy) is 9. The summed E-state index contributed by atoms with van der Waals surface area (Å²) < 4.78 is 52.2.